The Morgan fingerprint density at radius 3 is 2.52 bits per heavy atom. The van der Waals surface area contributed by atoms with Crippen LogP contribution in [0.4, 0.5) is 19.0 Å². The van der Waals surface area contributed by atoms with Crippen LogP contribution in [-0.4, -0.2) is 26.2 Å². The van der Waals surface area contributed by atoms with Crippen LogP contribution in [0.1, 0.15) is 16.1 Å². The number of halogens is 3. The van der Waals surface area contributed by atoms with Crippen molar-refractivity contribution in [1.82, 2.24) is 15.2 Å². The Labute approximate surface area is 143 Å². The number of carbonyl (C=O) groups excluding carboxylic acids is 1. The van der Waals surface area contributed by atoms with Crippen LogP contribution in [0, 0.1) is 0 Å². The van der Waals surface area contributed by atoms with Gasteiger partial charge in [-0.1, -0.05) is 6.07 Å². The molecule has 6 nitrogen and oxygen atoms in total. The van der Waals surface area contributed by atoms with Crippen molar-refractivity contribution < 1.29 is 23.1 Å². The van der Waals surface area contributed by atoms with Crippen molar-refractivity contribution in [3.63, 3.8) is 0 Å². The number of anilines is 1. The summed E-state index contributed by atoms with van der Waals surface area (Å²) in [5, 5.41) is 21.2. The number of phenols is 1. The molecule has 0 atom stereocenters. The predicted molar refractivity (Wildman–Crippen MR) is 84.2 cm³/mol. The third-order valence-corrected chi connectivity index (χ3v) is 3.76. The van der Waals surface area contributed by atoms with Gasteiger partial charge >= 0.3 is 6.18 Å². The lowest BCUT2D eigenvalue weighted by Gasteiger charge is -2.10. The number of amides is 1. The molecule has 0 aliphatic rings. The van der Waals surface area contributed by atoms with Crippen LogP contribution >= 0.6 is 11.3 Å². The van der Waals surface area contributed by atoms with E-state index in [1.165, 1.54) is 35.0 Å². The number of hydrogen-bond acceptors (Lipinski definition) is 6. The van der Waals surface area contributed by atoms with Crippen LogP contribution in [0.15, 0.2) is 41.2 Å². The molecule has 0 saturated heterocycles. The van der Waals surface area contributed by atoms with E-state index in [-0.39, 0.29) is 22.8 Å². The Morgan fingerprint density at radius 2 is 1.96 bits per heavy atom. The van der Waals surface area contributed by atoms with Gasteiger partial charge in [-0.15, -0.1) is 21.5 Å². The van der Waals surface area contributed by atoms with Crippen LogP contribution in [0.2, 0.25) is 0 Å². The van der Waals surface area contributed by atoms with Gasteiger partial charge in [-0.2, -0.15) is 13.2 Å². The number of phenolic OH excluding ortho intramolecular Hbond substituents is 1. The van der Waals surface area contributed by atoms with Crippen LogP contribution in [0.25, 0.3) is 11.3 Å². The minimum Gasteiger partial charge on any atom is -0.507 e. The Balaban J connectivity index is 1.78. The van der Waals surface area contributed by atoms with Gasteiger partial charge in [-0.05, 0) is 24.3 Å². The summed E-state index contributed by atoms with van der Waals surface area (Å²) in [6, 6.07) is 5.82. The minimum absolute atomic E-state index is 0.165. The van der Waals surface area contributed by atoms with E-state index in [4.69, 9.17) is 0 Å². The molecule has 0 aliphatic heterocycles. The molecule has 1 amide bonds. The monoisotopic (exact) mass is 366 g/mol. The molecule has 25 heavy (non-hydrogen) atoms. The number of nitrogens with one attached hydrogen (secondary N) is 1. The van der Waals surface area contributed by atoms with Gasteiger partial charge in [0.25, 0.3) is 5.91 Å². The number of benzene rings is 1. The third kappa shape index (κ3) is 3.74. The molecule has 0 spiro atoms. The van der Waals surface area contributed by atoms with Gasteiger partial charge in [0.2, 0.25) is 0 Å². The summed E-state index contributed by atoms with van der Waals surface area (Å²) in [5.41, 5.74) is 1.13. The lowest BCUT2D eigenvalue weighted by Crippen LogP contribution is -2.13. The normalized spacial score (nSPS) is 11.3. The SMILES string of the molecule is O=C(Nc1ccc(-c2ccc(C(F)(F)F)c(O)c2)nn1)c1cscn1. The Morgan fingerprint density at radius 1 is 1.16 bits per heavy atom. The maximum atomic E-state index is 12.6. The van der Waals surface area contributed by atoms with Crippen molar-refractivity contribution in [3.05, 3.63) is 52.5 Å². The second-order valence-electron chi connectivity index (χ2n) is 4.86. The van der Waals surface area contributed by atoms with E-state index in [1.54, 1.807) is 5.38 Å². The highest BCUT2D eigenvalue weighted by molar-refractivity contribution is 7.07. The molecule has 2 heterocycles. The molecule has 10 heteroatoms. The van der Waals surface area contributed by atoms with Crippen LogP contribution < -0.4 is 5.32 Å². The topological polar surface area (TPSA) is 88.0 Å². The maximum absolute atomic E-state index is 12.6. The number of nitrogens with zero attached hydrogens (tertiary/aromatic N) is 3. The zero-order valence-electron chi connectivity index (χ0n) is 12.3. The molecule has 0 aliphatic carbocycles. The van der Waals surface area contributed by atoms with Gasteiger partial charge in [-0.3, -0.25) is 4.79 Å². The number of aromatic nitrogens is 3. The van der Waals surface area contributed by atoms with Crippen molar-refractivity contribution in [1.29, 1.82) is 0 Å². The Kier molecular flexibility index (Phi) is 4.36. The number of alkyl halides is 3. The van der Waals surface area contributed by atoms with Gasteiger partial charge in [-0.25, -0.2) is 4.98 Å². The standard InChI is InChI=1S/C15H9F3N4O2S/c16-15(17,18)9-2-1-8(5-12(9)23)10-3-4-13(22-21-10)20-14(24)11-6-25-7-19-11/h1-7,23H,(H,20,22,24). The second kappa shape index (κ2) is 6.48. The first-order chi connectivity index (χ1) is 11.8. The molecule has 0 radical (unpaired) electrons. The fourth-order valence-electron chi connectivity index (χ4n) is 1.99. The zero-order chi connectivity index (χ0) is 18.0. The zero-order valence-corrected chi connectivity index (χ0v) is 13.1. The molecule has 1 aromatic carbocycles. The van der Waals surface area contributed by atoms with Gasteiger partial charge in [0.1, 0.15) is 11.4 Å². The first-order valence-corrected chi connectivity index (χ1v) is 7.73. The fourth-order valence-corrected chi connectivity index (χ4v) is 2.52. The highest BCUT2D eigenvalue weighted by Gasteiger charge is 2.33. The summed E-state index contributed by atoms with van der Waals surface area (Å²) < 4.78 is 37.9. The summed E-state index contributed by atoms with van der Waals surface area (Å²) in [5.74, 6) is -1.18. The second-order valence-corrected chi connectivity index (χ2v) is 5.58. The molecule has 3 rings (SSSR count). The summed E-state index contributed by atoms with van der Waals surface area (Å²) in [6.07, 6.45) is -4.64. The molecular formula is C15H9F3N4O2S. The van der Waals surface area contributed by atoms with Crippen molar-refractivity contribution in [2.75, 3.05) is 5.32 Å². The molecule has 0 bridgehead atoms. The maximum Gasteiger partial charge on any atom is 0.419 e. The van der Waals surface area contributed by atoms with E-state index in [2.05, 4.69) is 20.5 Å². The van der Waals surface area contributed by atoms with Crippen LogP contribution in [0.3, 0.4) is 0 Å². The lowest BCUT2D eigenvalue weighted by atomic mass is 10.1. The van der Waals surface area contributed by atoms with Crippen molar-refractivity contribution >= 4 is 23.1 Å². The summed E-state index contributed by atoms with van der Waals surface area (Å²) >= 11 is 1.27. The van der Waals surface area contributed by atoms with Crippen molar-refractivity contribution in [2.45, 2.75) is 6.18 Å². The average Bonchev–Trinajstić information content (AvgIpc) is 3.09. The minimum atomic E-state index is -4.64. The largest absolute Gasteiger partial charge is 0.507 e. The molecule has 3 aromatic rings. The first-order valence-electron chi connectivity index (χ1n) is 6.78. The van der Waals surface area contributed by atoms with E-state index in [1.807, 2.05) is 0 Å². The molecule has 0 fully saturated rings. The number of hydrogen-bond donors (Lipinski definition) is 2. The van der Waals surface area contributed by atoms with Gasteiger partial charge in [0.15, 0.2) is 5.82 Å². The molecule has 0 saturated carbocycles. The number of aromatic hydroxyl groups is 1. The number of rotatable bonds is 3. The predicted octanol–water partition coefficient (Wildman–Crippen LogP) is 3.58. The fraction of sp³-hybridized carbons (Fsp3) is 0.0667. The van der Waals surface area contributed by atoms with E-state index in [0.29, 0.717) is 0 Å². The molecule has 2 N–H and O–H groups in total. The quantitative estimate of drug-likeness (QED) is 0.740. The average molecular weight is 366 g/mol. The smallest absolute Gasteiger partial charge is 0.419 e. The van der Waals surface area contributed by atoms with Gasteiger partial charge in [0, 0.05) is 10.9 Å². The molecule has 0 unspecified atom stereocenters. The Bertz CT molecular complexity index is 896. The first kappa shape index (κ1) is 16.8. The molecule has 128 valence electrons. The van der Waals surface area contributed by atoms with E-state index < -0.39 is 23.4 Å². The van der Waals surface area contributed by atoms with Crippen molar-refractivity contribution in [2.24, 2.45) is 0 Å². The highest BCUT2D eigenvalue weighted by Crippen LogP contribution is 2.37. The third-order valence-electron chi connectivity index (χ3n) is 3.17. The lowest BCUT2D eigenvalue weighted by molar-refractivity contribution is -0.138. The summed E-state index contributed by atoms with van der Waals surface area (Å²) in [7, 11) is 0. The summed E-state index contributed by atoms with van der Waals surface area (Å²) in [6.45, 7) is 0. The van der Waals surface area contributed by atoms with Crippen LogP contribution in [0.5, 0.6) is 5.75 Å². The number of carbonyl (C=O) groups is 1. The Hall–Kier alpha value is -3.01. The molecule has 2 aromatic heterocycles. The highest BCUT2D eigenvalue weighted by atomic mass is 32.1. The van der Waals surface area contributed by atoms with Crippen LogP contribution in [-0.2, 0) is 6.18 Å². The van der Waals surface area contributed by atoms with E-state index in [9.17, 15) is 23.1 Å². The number of thiazole rings is 1. The van der Waals surface area contributed by atoms with E-state index in [0.717, 1.165) is 12.1 Å². The molecular weight excluding hydrogens is 357 g/mol. The van der Waals surface area contributed by atoms with E-state index >= 15 is 0 Å². The van der Waals surface area contributed by atoms with Gasteiger partial charge < -0.3 is 10.4 Å². The summed E-state index contributed by atoms with van der Waals surface area (Å²) in [4.78, 5) is 15.7. The van der Waals surface area contributed by atoms with Crippen molar-refractivity contribution in [3.8, 4) is 17.0 Å². The van der Waals surface area contributed by atoms with Gasteiger partial charge in [0.05, 0.1) is 16.8 Å².